The fourth-order valence-electron chi connectivity index (χ4n) is 3.06. The molecule has 1 aromatic heterocycles. The van der Waals surface area contributed by atoms with E-state index in [0.29, 0.717) is 16.9 Å². The lowest BCUT2D eigenvalue weighted by atomic mass is 10.1. The van der Waals surface area contributed by atoms with Crippen molar-refractivity contribution in [1.29, 1.82) is 0 Å². The molecule has 1 aliphatic heterocycles. The predicted octanol–water partition coefficient (Wildman–Crippen LogP) is 3.04. The smallest absolute Gasteiger partial charge is 0.257 e. The number of nitrogens with one attached hydrogen (secondary N) is 1. The van der Waals surface area contributed by atoms with Crippen molar-refractivity contribution >= 4 is 27.2 Å². The molecular formula is C19H23N3O3S. The number of hydrogen-bond donors (Lipinski definition) is 1. The zero-order valence-electron chi connectivity index (χ0n) is 15.0. The van der Waals surface area contributed by atoms with Gasteiger partial charge in [-0.25, -0.2) is 13.4 Å². The van der Waals surface area contributed by atoms with Gasteiger partial charge in [0, 0.05) is 24.9 Å². The van der Waals surface area contributed by atoms with Gasteiger partial charge in [0.15, 0.2) is 9.84 Å². The number of amides is 1. The topological polar surface area (TPSA) is 79.4 Å². The third-order valence-electron chi connectivity index (χ3n) is 4.59. The summed E-state index contributed by atoms with van der Waals surface area (Å²) in [5.41, 5.74) is 2.09. The Morgan fingerprint density at radius 2 is 1.85 bits per heavy atom. The molecule has 0 spiro atoms. The van der Waals surface area contributed by atoms with Gasteiger partial charge in [0.1, 0.15) is 5.82 Å². The molecule has 7 heteroatoms. The maximum Gasteiger partial charge on any atom is 0.257 e. The lowest BCUT2D eigenvalue weighted by Crippen LogP contribution is -2.29. The van der Waals surface area contributed by atoms with Crippen LogP contribution in [0, 0.1) is 6.92 Å². The molecule has 2 aromatic rings. The van der Waals surface area contributed by atoms with Crippen molar-refractivity contribution in [3.63, 3.8) is 0 Å². The standard InChI is InChI=1S/C19H23N3O3S/c1-14-6-8-16(26(2,24)25)12-17(14)19(23)21-18-9-7-15(13-20-18)22-10-4-3-5-11-22/h6-9,12-13H,3-5,10-11H2,1-2H3,(H,20,21,23). The average molecular weight is 373 g/mol. The van der Waals surface area contributed by atoms with Crippen molar-refractivity contribution in [3.8, 4) is 0 Å². The SMILES string of the molecule is Cc1ccc(S(C)(=O)=O)cc1C(=O)Nc1ccc(N2CCCCC2)cn1. The van der Waals surface area contributed by atoms with Crippen LogP contribution in [-0.4, -0.2) is 38.7 Å². The Morgan fingerprint density at radius 3 is 2.46 bits per heavy atom. The van der Waals surface area contributed by atoms with Crippen LogP contribution in [0.2, 0.25) is 0 Å². The molecule has 3 rings (SSSR count). The molecule has 26 heavy (non-hydrogen) atoms. The highest BCUT2D eigenvalue weighted by Gasteiger charge is 2.16. The summed E-state index contributed by atoms with van der Waals surface area (Å²) in [6.45, 7) is 3.84. The van der Waals surface area contributed by atoms with Gasteiger partial charge < -0.3 is 10.2 Å². The Bertz CT molecular complexity index is 902. The second-order valence-corrected chi connectivity index (χ2v) is 8.67. The number of pyridine rings is 1. The van der Waals surface area contributed by atoms with Crippen molar-refractivity contribution in [1.82, 2.24) is 4.98 Å². The summed E-state index contributed by atoms with van der Waals surface area (Å²) in [5, 5.41) is 2.74. The van der Waals surface area contributed by atoms with E-state index in [4.69, 9.17) is 0 Å². The molecule has 0 radical (unpaired) electrons. The number of sulfone groups is 1. The number of hydrogen-bond acceptors (Lipinski definition) is 5. The van der Waals surface area contributed by atoms with Gasteiger partial charge in [-0.15, -0.1) is 0 Å². The van der Waals surface area contributed by atoms with Gasteiger partial charge in [-0.3, -0.25) is 4.79 Å². The van der Waals surface area contributed by atoms with Crippen LogP contribution in [0.25, 0.3) is 0 Å². The first kappa shape index (κ1) is 18.4. The number of aryl methyl sites for hydroxylation is 1. The number of rotatable bonds is 4. The quantitative estimate of drug-likeness (QED) is 0.891. The van der Waals surface area contributed by atoms with Gasteiger partial charge in [0.05, 0.1) is 16.8 Å². The molecule has 1 saturated heterocycles. The van der Waals surface area contributed by atoms with E-state index < -0.39 is 9.84 Å². The second-order valence-electron chi connectivity index (χ2n) is 6.65. The Balaban J connectivity index is 1.75. The maximum atomic E-state index is 12.5. The first-order valence-corrected chi connectivity index (χ1v) is 10.6. The third-order valence-corrected chi connectivity index (χ3v) is 5.70. The fraction of sp³-hybridized carbons (Fsp3) is 0.368. The van der Waals surface area contributed by atoms with Gasteiger partial charge in [-0.1, -0.05) is 6.07 Å². The number of nitrogens with zero attached hydrogens (tertiary/aromatic N) is 2. The highest BCUT2D eigenvalue weighted by Crippen LogP contribution is 2.21. The van der Waals surface area contributed by atoms with Crippen LogP contribution in [0.5, 0.6) is 0 Å². The first-order valence-electron chi connectivity index (χ1n) is 8.68. The molecular weight excluding hydrogens is 350 g/mol. The number of piperidine rings is 1. The van der Waals surface area contributed by atoms with Crippen LogP contribution in [0.15, 0.2) is 41.4 Å². The van der Waals surface area contributed by atoms with Crippen LogP contribution in [0.4, 0.5) is 11.5 Å². The summed E-state index contributed by atoms with van der Waals surface area (Å²) in [7, 11) is -3.37. The Morgan fingerprint density at radius 1 is 1.12 bits per heavy atom. The molecule has 0 atom stereocenters. The molecule has 1 fully saturated rings. The minimum atomic E-state index is -3.37. The molecule has 1 amide bonds. The lowest BCUT2D eigenvalue weighted by Gasteiger charge is -2.28. The zero-order chi connectivity index (χ0) is 18.7. The average Bonchev–Trinajstić information content (AvgIpc) is 2.62. The summed E-state index contributed by atoms with van der Waals surface area (Å²) in [6.07, 6.45) is 6.54. The largest absolute Gasteiger partial charge is 0.370 e. The van der Waals surface area contributed by atoms with Gasteiger partial charge in [-0.2, -0.15) is 0 Å². The van der Waals surface area contributed by atoms with E-state index in [2.05, 4.69) is 15.2 Å². The highest BCUT2D eigenvalue weighted by atomic mass is 32.2. The third kappa shape index (κ3) is 4.22. The van der Waals surface area contributed by atoms with Gasteiger partial charge >= 0.3 is 0 Å². The normalized spacial score (nSPS) is 14.9. The molecule has 1 aliphatic rings. The van der Waals surface area contributed by atoms with Gasteiger partial charge in [0.25, 0.3) is 5.91 Å². The molecule has 0 unspecified atom stereocenters. The molecule has 6 nitrogen and oxygen atoms in total. The van der Waals surface area contributed by atoms with E-state index in [-0.39, 0.29) is 10.8 Å². The minimum Gasteiger partial charge on any atom is -0.370 e. The number of anilines is 2. The van der Waals surface area contributed by atoms with Crippen LogP contribution in [-0.2, 0) is 9.84 Å². The van der Waals surface area contributed by atoms with Crippen molar-refractivity contribution in [2.45, 2.75) is 31.1 Å². The summed E-state index contributed by atoms with van der Waals surface area (Å²) < 4.78 is 23.4. The van der Waals surface area contributed by atoms with Crippen molar-refractivity contribution in [2.75, 3.05) is 29.6 Å². The van der Waals surface area contributed by atoms with Crippen LogP contribution in [0.1, 0.15) is 35.2 Å². The molecule has 2 heterocycles. The number of benzene rings is 1. The number of carbonyl (C=O) groups is 1. The van der Waals surface area contributed by atoms with Crippen molar-refractivity contribution in [2.24, 2.45) is 0 Å². The fourth-order valence-corrected chi connectivity index (χ4v) is 3.71. The van der Waals surface area contributed by atoms with E-state index in [1.54, 1.807) is 25.3 Å². The van der Waals surface area contributed by atoms with Crippen LogP contribution < -0.4 is 10.2 Å². The van der Waals surface area contributed by atoms with E-state index in [1.165, 1.54) is 31.4 Å². The van der Waals surface area contributed by atoms with E-state index >= 15 is 0 Å². The minimum absolute atomic E-state index is 0.127. The first-order chi connectivity index (χ1) is 12.3. The van der Waals surface area contributed by atoms with E-state index in [0.717, 1.165) is 25.0 Å². The molecule has 138 valence electrons. The number of aromatic nitrogens is 1. The van der Waals surface area contributed by atoms with Gasteiger partial charge in [0.2, 0.25) is 0 Å². The second kappa shape index (κ2) is 7.45. The summed E-state index contributed by atoms with van der Waals surface area (Å²) in [5.74, 6) is 0.0751. The Labute approximate surface area is 154 Å². The molecule has 0 bridgehead atoms. The Hall–Kier alpha value is -2.41. The van der Waals surface area contributed by atoms with Gasteiger partial charge in [-0.05, 0) is 56.0 Å². The number of carbonyl (C=O) groups excluding carboxylic acids is 1. The summed E-state index contributed by atoms with van der Waals surface area (Å²) in [4.78, 5) is 19.3. The molecule has 0 aliphatic carbocycles. The molecule has 1 N–H and O–H groups in total. The lowest BCUT2D eigenvalue weighted by molar-refractivity contribution is 0.102. The van der Waals surface area contributed by atoms with Crippen LogP contribution in [0.3, 0.4) is 0 Å². The van der Waals surface area contributed by atoms with E-state index in [1.807, 2.05) is 6.07 Å². The highest BCUT2D eigenvalue weighted by molar-refractivity contribution is 7.90. The van der Waals surface area contributed by atoms with Crippen molar-refractivity contribution < 1.29 is 13.2 Å². The molecule has 1 aromatic carbocycles. The maximum absolute atomic E-state index is 12.5. The monoisotopic (exact) mass is 373 g/mol. The zero-order valence-corrected chi connectivity index (χ0v) is 15.8. The molecule has 0 saturated carbocycles. The summed E-state index contributed by atoms with van der Waals surface area (Å²) >= 11 is 0. The van der Waals surface area contributed by atoms with Crippen molar-refractivity contribution in [3.05, 3.63) is 47.7 Å². The summed E-state index contributed by atoms with van der Waals surface area (Å²) in [6, 6.07) is 8.28. The Kier molecular flexibility index (Phi) is 5.27. The predicted molar refractivity (Wildman–Crippen MR) is 103 cm³/mol. The van der Waals surface area contributed by atoms with E-state index in [9.17, 15) is 13.2 Å². The van der Waals surface area contributed by atoms with Crippen LogP contribution >= 0.6 is 0 Å².